The third-order valence-electron chi connectivity index (χ3n) is 0. The Morgan fingerprint density at radius 3 is 0.667 bits per heavy atom. The summed E-state index contributed by atoms with van der Waals surface area (Å²) in [5.41, 5.74) is 0. The fraction of sp³-hybridized carbons (Fsp3) is 0. The van der Waals surface area contributed by atoms with E-state index in [4.69, 9.17) is 35.0 Å². The fourth-order valence-electron chi connectivity index (χ4n) is 0. The molecule has 0 aromatic heterocycles. The van der Waals surface area contributed by atoms with Gasteiger partial charge >= 0.3 is 0 Å². The molecule has 12 heavy (non-hydrogen) atoms. The Hall–Kier alpha value is 0.336. The maximum Gasteiger partial charge on any atom is 0.0311 e. The molecule has 0 bridgehead atoms. The van der Waals surface area contributed by atoms with Gasteiger partial charge in [0, 0.05) is 40.6 Å². The molecule has 4 N–H and O–H groups in total. The molecule has 0 heterocycles. The molecule has 0 rings (SSSR count). The number of quaternary nitrogens is 1. The predicted molar refractivity (Wildman–Crippen MR) is 32.7 cm³/mol. The topological polar surface area (TPSA) is 197 Å². The van der Waals surface area contributed by atoms with Crippen LogP contribution in [-0.4, -0.2) is 54.8 Å². The number of hydrogen-bond acceptors (Lipinski definition) is 8. The van der Waals surface area contributed by atoms with Crippen LogP contribution in [0.15, 0.2) is 0 Å². The van der Waals surface area contributed by atoms with Gasteiger partial charge in [-0.25, -0.2) is 0 Å². The molecule has 0 atom stereocenters. The van der Waals surface area contributed by atoms with Gasteiger partial charge in [-0.1, -0.05) is 0 Å². The van der Waals surface area contributed by atoms with Gasteiger partial charge in [0.1, 0.15) is 0 Å². The first-order valence-corrected chi connectivity index (χ1v) is 4.00. The van der Waals surface area contributed by atoms with E-state index in [1.807, 2.05) is 0 Å². The van der Waals surface area contributed by atoms with Crippen LogP contribution in [0.5, 0.6) is 0 Å². The van der Waals surface area contributed by atoms with Crippen molar-refractivity contribution in [2.24, 2.45) is 0 Å². The van der Waals surface area contributed by atoms with Gasteiger partial charge < -0.3 is 24.4 Å². The van der Waals surface area contributed by atoms with E-state index in [2.05, 4.69) is 0 Å². The summed E-state index contributed by atoms with van der Waals surface area (Å²) in [6.07, 6.45) is 0. The molecule has 9 nitrogen and oxygen atoms in total. The molecule has 75 valence electrons. The monoisotopic (exact) mass is 279 g/mol. The second-order valence-corrected chi connectivity index (χ2v) is 2.45. The fourth-order valence-corrected chi connectivity index (χ4v) is 0. The van der Waals surface area contributed by atoms with Crippen LogP contribution in [0.4, 0.5) is 0 Å². The largest absolute Gasteiger partial charge is 0.759 e. The Balaban J connectivity index is -0.0000000457. The van der Waals surface area contributed by atoms with E-state index in [1.165, 1.54) is 0 Å². The summed E-state index contributed by atoms with van der Waals surface area (Å²) in [7, 11) is -10.3. The van der Waals surface area contributed by atoms with Gasteiger partial charge in [-0.05, 0) is 0 Å². The molecule has 0 aliphatic rings. The third kappa shape index (κ3) is 7960. The minimum Gasteiger partial charge on any atom is -0.759 e. The van der Waals surface area contributed by atoms with Crippen molar-refractivity contribution in [3.05, 3.63) is 0 Å². The summed E-state index contributed by atoms with van der Waals surface area (Å²) in [6, 6.07) is 0. The average molecular weight is 280 g/mol. The molecule has 0 fully saturated rings. The van der Waals surface area contributed by atoms with Gasteiger partial charge in [0.25, 0.3) is 0 Å². The minimum atomic E-state index is -5.17. The number of hydrogen-bond donors (Lipinski definition) is 1. The van der Waals surface area contributed by atoms with Gasteiger partial charge in [0.2, 0.25) is 0 Å². The molecule has 0 aromatic rings. The first-order chi connectivity index (χ1) is 4.00. The first-order valence-electron chi connectivity index (χ1n) is 1.33. The van der Waals surface area contributed by atoms with E-state index in [-0.39, 0.29) is 25.9 Å². The Labute approximate surface area is 82.0 Å². The summed E-state index contributed by atoms with van der Waals surface area (Å²) >= 11 is 0. The van der Waals surface area contributed by atoms with Gasteiger partial charge in [-0.3, -0.25) is 16.8 Å². The zero-order valence-corrected chi connectivity index (χ0v) is 9.72. The molecule has 0 spiro atoms. The average Bonchev–Trinajstić information content (AvgIpc) is 1.12. The van der Waals surface area contributed by atoms with Crippen LogP contribution in [0.25, 0.3) is 0 Å². The SMILES string of the molecule is O=S(=O)([O-])[O-].O=S(=O)([O-])[O-].[Ga].[NH4+]. The summed E-state index contributed by atoms with van der Waals surface area (Å²) < 4.78 is 68.2. The van der Waals surface area contributed by atoms with E-state index < -0.39 is 20.8 Å². The Morgan fingerprint density at radius 2 is 0.667 bits per heavy atom. The van der Waals surface area contributed by atoms with Crippen LogP contribution >= 0.6 is 0 Å². The van der Waals surface area contributed by atoms with Crippen molar-refractivity contribution in [3.63, 3.8) is 0 Å². The second-order valence-electron chi connectivity index (χ2n) is 0.816. The van der Waals surface area contributed by atoms with Crippen molar-refractivity contribution >= 4 is 40.6 Å². The van der Waals surface area contributed by atoms with Crippen LogP contribution in [0.2, 0.25) is 0 Å². The van der Waals surface area contributed by atoms with Crippen LogP contribution in [0.3, 0.4) is 0 Å². The van der Waals surface area contributed by atoms with E-state index in [0.29, 0.717) is 0 Å². The third-order valence-corrected chi connectivity index (χ3v) is 0. The molecule has 12 heteroatoms. The van der Waals surface area contributed by atoms with Crippen molar-refractivity contribution < 1.29 is 35.0 Å². The molecule has 3 radical (unpaired) electrons. The molecular formula is H4GaNO8S2-3. The van der Waals surface area contributed by atoms with Crippen LogP contribution < -0.4 is 6.15 Å². The van der Waals surface area contributed by atoms with E-state index in [9.17, 15) is 0 Å². The van der Waals surface area contributed by atoms with Crippen molar-refractivity contribution in [2.45, 2.75) is 0 Å². The smallest absolute Gasteiger partial charge is 0.0311 e. The molecule has 0 saturated carbocycles. The number of rotatable bonds is 0. The zero-order valence-electron chi connectivity index (χ0n) is 5.66. The van der Waals surface area contributed by atoms with Crippen molar-refractivity contribution in [3.8, 4) is 0 Å². The standard InChI is InChI=1S/Ga.H3N.2H2O4S/c;;2*1-5(2,3)4/h;1H3;2*(H2,1,2,3,4)/p-3. The maximum absolute atomic E-state index is 8.52. The molecule has 0 unspecified atom stereocenters. The van der Waals surface area contributed by atoms with Crippen LogP contribution in [-0.2, 0) is 20.8 Å². The van der Waals surface area contributed by atoms with E-state index >= 15 is 0 Å². The van der Waals surface area contributed by atoms with E-state index in [1.54, 1.807) is 0 Å². The Bertz CT molecular complexity index is 213. The van der Waals surface area contributed by atoms with Crippen LogP contribution in [0, 0.1) is 0 Å². The van der Waals surface area contributed by atoms with Crippen molar-refractivity contribution in [2.75, 3.05) is 0 Å². The normalized spacial score (nSPS) is 9.67. The summed E-state index contributed by atoms with van der Waals surface area (Å²) in [5, 5.41) is 0. The van der Waals surface area contributed by atoms with Crippen LogP contribution in [0.1, 0.15) is 0 Å². The van der Waals surface area contributed by atoms with Gasteiger partial charge in [-0.15, -0.1) is 0 Å². The quantitative estimate of drug-likeness (QED) is 0.281. The Kier molecular flexibility index (Phi) is 15.1. The van der Waals surface area contributed by atoms with Gasteiger partial charge in [-0.2, -0.15) is 0 Å². The molecule has 0 aliphatic carbocycles. The zero-order chi connectivity index (χ0) is 9.00. The van der Waals surface area contributed by atoms with Crippen molar-refractivity contribution in [1.29, 1.82) is 0 Å². The first kappa shape index (κ1) is 22.8. The molecule has 0 aromatic carbocycles. The minimum absolute atomic E-state index is 0. The summed E-state index contributed by atoms with van der Waals surface area (Å²) in [5.74, 6) is 0. The summed E-state index contributed by atoms with van der Waals surface area (Å²) in [6.45, 7) is 0. The molecule has 0 aliphatic heterocycles. The summed E-state index contributed by atoms with van der Waals surface area (Å²) in [4.78, 5) is 0. The maximum atomic E-state index is 8.52. The van der Waals surface area contributed by atoms with Gasteiger partial charge in [0.05, 0.1) is 0 Å². The van der Waals surface area contributed by atoms with Gasteiger partial charge in [0.15, 0.2) is 0 Å². The molecule has 0 saturated heterocycles. The van der Waals surface area contributed by atoms with E-state index in [0.717, 1.165) is 0 Å². The molecular weight excluding hydrogens is 276 g/mol. The molecule has 0 amide bonds. The Morgan fingerprint density at radius 1 is 0.667 bits per heavy atom. The van der Waals surface area contributed by atoms with Crippen molar-refractivity contribution in [1.82, 2.24) is 6.15 Å². The predicted octanol–water partition coefficient (Wildman–Crippen LogP) is -2.68. The second kappa shape index (κ2) is 7.96.